The Hall–Kier alpha value is -1.82. The minimum atomic E-state index is 0.0957. The number of nitrogens with one attached hydrogen (secondary N) is 2. The lowest BCUT2D eigenvalue weighted by Crippen LogP contribution is -2.28. The van der Waals surface area contributed by atoms with Gasteiger partial charge in [0.05, 0.1) is 13.3 Å². The predicted octanol–water partition coefficient (Wildman–Crippen LogP) is 0.829. The van der Waals surface area contributed by atoms with E-state index in [0.717, 1.165) is 5.56 Å². The van der Waals surface area contributed by atoms with Gasteiger partial charge < -0.3 is 15.2 Å². The summed E-state index contributed by atoms with van der Waals surface area (Å²) in [6.45, 7) is 0. The average Bonchev–Trinajstić information content (AvgIpc) is 2.31. The van der Waals surface area contributed by atoms with Gasteiger partial charge in [-0.1, -0.05) is 0 Å². The zero-order chi connectivity index (χ0) is 12.0. The zero-order valence-corrected chi connectivity index (χ0v) is 9.84. The molecule has 0 aliphatic heterocycles. The second-order valence-electron chi connectivity index (χ2n) is 2.88. The van der Waals surface area contributed by atoms with E-state index < -0.39 is 0 Å². The van der Waals surface area contributed by atoms with Gasteiger partial charge >= 0.3 is 0 Å². The first-order valence-corrected chi connectivity index (χ1v) is 4.96. The van der Waals surface area contributed by atoms with Gasteiger partial charge in [-0.05, 0) is 36.0 Å². The third kappa shape index (κ3) is 3.39. The van der Waals surface area contributed by atoms with Crippen LogP contribution in [0.2, 0.25) is 0 Å². The van der Waals surface area contributed by atoms with Gasteiger partial charge in [-0.25, -0.2) is 0 Å². The lowest BCUT2D eigenvalue weighted by atomic mass is 10.2. The number of benzene rings is 1. The fourth-order valence-corrected chi connectivity index (χ4v) is 1.05. The Kier molecular flexibility index (Phi) is 4.53. The summed E-state index contributed by atoms with van der Waals surface area (Å²) in [7, 11) is 3.19. The lowest BCUT2D eigenvalue weighted by Gasteiger charge is -2.03. The average molecular weight is 239 g/mol. The van der Waals surface area contributed by atoms with Crippen LogP contribution in [0.15, 0.2) is 23.3 Å². The second-order valence-corrected chi connectivity index (χ2v) is 3.29. The highest BCUT2D eigenvalue weighted by atomic mass is 32.1. The van der Waals surface area contributed by atoms with Crippen molar-refractivity contribution in [2.75, 3.05) is 14.2 Å². The number of hydrogen-bond donors (Lipinski definition) is 3. The molecule has 0 aliphatic rings. The van der Waals surface area contributed by atoms with Gasteiger partial charge in [0.25, 0.3) is 0 Å². The SMILES string of the molecule is CNC(=S)N/N=C\c1ccc(O)c(OC)c1. The summed E-state index contributed by atoms with van der Waals surface area (Å²) >= 11 is 4.84. The number of phenols is 1. The van der Waals surface area contributed by atoms with Crippen molar-refractivity contribution in [2.24, 2.45) is 5.10 Å². The van der Waals surface area contributed by atoms with Crippen molar-refractivity contribution in [1.82, 2.24) is 10.7 Å². The molecule has 0 radical (unpaired) electrons. The first kappa shape index (κ1) is 12.3. The standard InChI is InChI=1S/C10H13N3O2S/c1-11-10(16)13-12-6-7-3-4-8(14)9(5-7)15-2/h3-6,14H,1-2H3,(H2,11,13,16)/b12-6-. The van der Waals surface area contributed by atoms with Crippen LogP contribution in [0.3, 0.4) is 0 Å². The number of aromatic hydroxyl groups is 1. The van der Waals surface area contributed by atoms with Crippen molar-refractivity contribution < 1.29 is 9.84 Å². The van der Waals surface area contributed by atoms with Crippen LogP contribution in [0.1, 0.15) is 5.56 Å². The monoisotopic (exact) mass is 239 g/mol. The van der Waals surface area contributed by atoms with Crippen molar-refractivity contribution in [1.29, 1.82) is 0 Å². The molecule has 86 valence electrons. The van der Waals surface area contributed by atoms with Gasteiger partial charge in [-0.3, -0.25) is 5.43 Å². The van der Waals surface area contributed by atoms with Crippen LogP contribution in [0.25, 0.3) is 0 Å². The number of ether oxygens (including phenoxy) is 1. The molecule has 0 spiro atoms. The van der Waals surface area contributed by atoms with Crippen molar-refractivity contribution >= 4 is 23.5 Å². The Morgan fingerprint density at radius 1 is 1.56 bits per heavy atom. The van der Waals surface area contributed by atoms with E-state index in [1.807, 2.05) is 0 Å². The van der Waals surface area contributed by atoms with Crippen LogP contribution in [-0.4, -0.2) is 30.6 Å². The highest BCUT2D eigenvalue weighted by molar-refractivity contribution is 7.80. The molecule has 5 nitrogen and oxygen atoms in total. The molecule has 0 aromatic heterocycles. The molecule has 0 heterocycles. The minimum absolute atomic E-state index is 0.0957. The Labute approximate surface area is 99.1 Å². The van der Waals surface area contributed by atoms with Gasteiger partial charge in [-0.2, -0.15) is 5.10 Å². The van der Waals surface area contributed by atoms with E-state index in [4.69, 9.17) is 17.0 Å². The smallest absolute Gasteiger partial charge is 0.186 e. The van der Waals surface area contributed by atoms with Crippen molar-refractivity contribution in [3.63, 3.8) is 0 Å². The third-order valence-corrected chi connectivity index (χ3v) is 2.11. The Morgan fingerprint density at radius 2 is 2.31 bits per heavy atom. The van der Waals surface area contributed by atoms with Gasteiger partial charge in [0.15, 0.2) is 16.6 Å². The Balaban J connectivity index is 2.70. The van der Waals surface area contributed by atoms with Crippen molar-refractivity contribution in [3.8, 4) is 11.5 Å². The summed E-state index contributed by atoms with van der Waals surface area (Å²) < 4.78 is 4.96. The van der Waals surface area contributed by atoms with E-state index in [0.29, 0.717) is 10.9 Å². The van der Waals surface area contributed by atoms with Gasteiger partial charge in [0.1, 0.15) is 0 Å². The largest absolute Gasteiger partial charge is 0.504 e. The van der Waals surface area contributed by atoms with Crippen LogP contribution in [0.4, 0.5) is 0 Å². The summed E-state index contributed by atoms with van der Waals surface area (Å²) in [5.41, 5.74) is 3.41. The zero-order valence-electron chi connectivity index (χ0n) is 9.02. The van der Waals surface area contributed by atoms with Crippen LogP contribution in [0, 0.1) is 0 Å². The van der Waals surface area contributed by atoms with E-state index in [2.05, 4.69) is 15.8 Å². The highest BCUT2D eigenvalue weighted by Gasteiger charge is 2.00. The van der Waals surface area contributed by atoms with Crippen LogP contribution < -0.4 is 15.5 Å². The molecule has 1 aromatic rings. The van der Waals surface area contributed by atoms with E-state index in [1.165, 1.54) is 13.2 Å². The summed E-state index contributed by atoms with van der Waals surface area (Å²) in [6.07, 6.45) is 1.58. The molecule has 6 heteroatoms. The molecule has 0 bridgehead atoms. The van der Waals surface area contributed by atoms with E-state index >= 15 is 0 Å². The summed E-state index contributed by atoms with van der Waals surface area (Å²) in [6, 6.07) is 4.92. The van der Waals surface area contributed by atoms with Crippen LogP contribution >= 0.6 is 12.2 Å². The maximum absolute atomic E-state index is 9.37. The summed E-state index contributed by atoms with van der Waals surface area (Å²) in [5.74, 6) is 0.499. The predicted molar refractivity (Wildman–Crippen MR) is 67.0 cm³/mol. The van der Waals surface area contributed by atoms with E-state index in [-0.39, 0.29) is 5.75 Å². The molecule has 0 atom stereocenters. The molecule has 0 saturated carbocycles. The number of hydrogen-bond acceptors (Lipinski definition) is 4. The molecule has 16 heavy (non-hydrogen) atoms. The third-order valence-electron chi connectivity index (χ3n) is 1.81. The first-order valence-electron chi connectivity index (χ1n) is 4.55. The number of rotatable bonds is 3. The molecule has 0 unspecified atom stereocenters. The second kappa shape index (κ2) is 5.92. The number of thiocarbonyl (C=S) groups is 1. The van der Waals surface area contributed by atoms with Crippen molar-refractivity contribution in [3.05, 3.63) is 23.8 Å². The molecule has 1 rings (SSSR count). The minimum Gasteiger partial charge on any atom is -0.504 e. The van der Waals surface area contributed by atoms with E-state index in [9.17, 15) is 5.11 Å². The molecule has 0 aliphatic carbocycles. The molecule has 0 fully saturated rings. The highest BCUT2D eigenvalue weighted by Crippen LogP contribution is 2.25. The van der Waals surface area contributed by atoms with Crippen LogP contribution in [-0.2, 0) is 0 Å². The van der Waals surface area contributed by atoms with Crippen LogP contribution in [0.5, 0.6) is 11.5 Å². The number of nitrogens with zero attached hydrogens (tertiary/aromatic N) is 1. The number of methoxy groups -OCH3 is 1. The molecule has 3 N–H and O–H groups in total. The van der Waals surface area contributed by atoms with Crippen molar-refractivity contribution in [2.45, 2.75) is 0 Å². The molecule has 0 saturated heterocycles. The van der Waals surface area contributed by atoms with E-state index in [1.54, 1.807) is 25.4 Å². The normalized spacial score (nSPS) is 10.1. The summed E-state index contributed by atoms with van der Waals surface area (Å²) in [4.78, 5) is 0. The fraction of sp³-hybridized carbons (Fsp3) is 0.200. The fourth-order valence-electron chi connectivity index (χ4n) is 0.996. The Morgan fingerprint density at radius 3 is 2.94 bits per heavy atom. The summed E-state index contributed by atoms with van der Waals surface area (Å²) in [5, 5.41) is 16.4. The quantitative estimate of drug-likeness (QED) is 0.414. The number of phenolic OH excluding ortho intramolecular Hbond substituents is 1. The van der Waals surface area contributed by atoms with Gasteiger partial charge in [0.2, 0.25) is 0 Å². The molecule has 0 amide bonds. The maximum Gasteiger partial charge on any atom is 0.186 e. The maximum atomic E-state index is 9.37. The van der Waals surface area contributed by atoms with Gasteiger partial charge in [0, 0.05) is 7.05 Å². The molecule has 1 aromatic carbocycles. The topological polar surface area (TPSA) is 65.9 Å². The first-order chi connectivity index (χ1) is 7.67. The lowest BCUT2D eigenvalue weighted by molar-refractivity contribution is 0.373. The Bertz CT molecular complexity index is 407. The van der Waals surface area contributed by atoms with Gasteiger partial charge in [-0.15, -0.1) is 0 Å². The molecular formula is C10H13N3O2S. The number of hydrazone groups is 1. The molecular weight excluding hydrogens is 226 g/mol.